The number of hydrogen-bond donors (Lipinski definition) is 1. The Hall–Kier alpha value is -1.79. The second-order valence-corrected chi connectivity index (χ2v) is 6.35. The minimum Gasteiger partial charge on any atom is -0.295 e. The zero-order valence-corrected chi connectivity index (χ0v) is 12.9. The van der Waals surface area contributed by atoms with Gasteiger partial charge in [-0.3, -0.25) is 14.6 Å². The normalized spacial score (nSPS) is 10.9. The number of aromatic amines is 1. The summed E-state index contributed by atoms with van der Waals surface area (Å²) in [7, 11) is 0. The molecule has 0 atom stereocenters. The molecule has 0 aliphatic heterocycles. The maximum absolute atomic E-state index is 5.35. The molecule has 0 saturated carbocycles. The quantitative estimate of drug-likeness (QED) is 0.750. The van der Waals surface area contributed by atoms with Gasteiger partial charge in [0.2, 0.25) is 0 Å². The lowest BCUT2D eigenvalue weighted by Gasteiger charge is -2.05. The zero-order chi connectivity index (χ0) is 14.1. The van der Waals surface area contributed by atoms with Gasteiger partial charge in [0.05, 0.1) is 6.54 Å². The number of aryl methyl sites for hydroxylation is 2. The molecule has 0 aromatic carbocycles. The molecule has 0 amide bonds. The van der Waals surface area contributed by atoms with Crippen molar-refractivity contribution in [1.82, 2.24) is 19.7 Å². The van der Waals surface area contributed by atoms with Crippen molar-refractivity contribution in [2.24, 2.45) is 0 Å². The lowest BCUT2D eigenvalue weighted by molar-refractivity contribution is 0.802. The van der Waals surface area contributed by atoms with Crippen molar-refractivity contribution in [2.45, 2.75) is 20.4 Å². The van der Waals surface area contributed by atoms with Crippen molar-refractivity contribution in [1.29, 1.82) is 0 Å². The molecule has 3 heterocycles. The largest absolute Gasteiger partial charge is 0.295 e. The first-order valence-electron chi connectivity index (χ1n) is 6.26. The molecule has 0 saturated heterocycles. The predicted octanol–water partition coefficient (Wildman–Crippen LogP) is 3.73. The zero-order valence-electron chi connectivity index (χ0n) is 11.3. The number of rotatable bonds is 3. The average Bonchev–Trinajstić information content (AvgIpc) is 2.96. The number of H-pyrrole nitrogens is 1. The van der Waals surface area contributed by atoms with E-state index in [2.05, 4.69) is 35.1 Å². The summed E-state index contributed by atoms with van der Waals surface area (Å²) in [5.41, 5.74) is 2.34. The van der Waals surface area contributed by atoms with E-state index < -0.39 is 0 Å². The highest BCUT2D eigenvalue weighted by Gasteiger charge is 2.10. The van der Waals surface area contributed by atoms with E-state index >= 15 is 0 Å². The molecule has 3 aromatic heterocycles. The highest BCUT2D eigenvalue weighted by molar-refractivity contribution is 7.71. The van der Waals surface area contributed by atoms with Gasteiger partial charge in [0.15, 0.2) is 10.6 Å². The van der Waals surface area contributed by atoms with Crippen molar-refractivity contribution in [3.8, 4) is 11.4 Å². The number of nitrogens with one attached hydrogen (secondary N) is 1. The molecule has 0 radical (unpaired) electrons. The van der Waals surface area contributed by atoms with E-state index in [9.17, 15) is 0 Å². The Labute approximate surface area is 126 Å². The molecule has 6 heteroatoms. The molecular formula is C14H14N4S2. The molecule has 102 valence electrons. The van der Waals surface area contributed by atoms with Crippen LogP contribution in [-0.4, -0.2) is 19.7 Å². The summed E-state index contributed by atoms with van der Waals surface area (Å²) in [5, 5.41) is 7.21. The van der Waals surface area contributed by atoms with Crippen LogP contribution in [-0.2, 0) is 6.54 Å². The standard InChI is InChI=1S/C14H14N4S2/c1-9-7-12(20-10(9)2)8-18-13(16-17-14(18)19)11-3-5-15-6-4-11/h3-7H,8H2,1-2H3,(H,17,19). The summed E-state index contributed by atoms with van der Waals surface area (Å²) in [6.07, 6.45) is 3.52. The summed E-state index contributed by atoms with van der Waals surface area (Å²) in [6.45, 7) is 5.02. The van der Waals surface area contributed by atoms with Gasteiger partial charge in [-0.1, -0.05) is 0 Å². The Morgan fingerprint density at radius 3 is 2.70 bits per heavy atom. The first-order valence-corrected chi connectivity index (χ1v) is 7.49. The van der Waals surface area contributed by atoms with E-state index in [4.69, 9.17) is 12.2 Å². The van der Waals surface area contributed by atoms with E-state index in [0.29, 0.717) is 4.77 Å². The molecule has 0 aliphatic carbocycles. The fourth-order valence-corrected chi connectivity index (χ4v) is 3.31. The Bertz CT molecular complexity index is 764. The summed E-state index contributed by atoms with van der Waals surface area (Å²) >= 11 is 7.15. The van der Waals surface area contributed by atoms with Crippen LogP contribution in [0.1, 0.15) is 15.3 Å². The molecular weight excluding hydrogens is 288 g/mol. The van der Waals surface area contributed by atoms with Crippen molar-refractivity contribution in [3.63, 3.8) is 0 Å². The highest BCUT2D eigenvalue weighted by atomic mass is 32.1. The van der Waals surface area contributed by atoms with Gasteiger partial charge >= 0.3 is 0 Å². The second-order valence-electron chi connectivity index (χ2n) is 4.63. The minimum atomic E-state index is 0.639. The molecule has 0 fully saturated rings. The number of nitrogens with zero attached hydrogens (tertiary/aromatic N) is 3. The van der Waals surface area contributed by atoms with Gasteiger partial charge in [0.1, 0.15) is 0 Å². The topological polar surface area (TPSA) is 46.5 Å². The molecule has 0 bridgehead atoms. The van der Waals surface area contributed by atoms with Gasteiger partial charge in [-0.25, -0.2) is 0 Å². The maximum Gasteiger partial charge on any atom is 0.195 e. The fraction of sp³-hybridized carbons (Fsp3) is 0.214. The summed E-state index contributed by atoms with van der Waals surface area (Å²) in [6, 6.07) is 6.09. The fourth-order valence-electron chi connectivity index (χ4n) is 2.07. The molecule has 0 unspecified atom stereocenters. The molecule has 0 aliphatic rings. The maximum atomic E-state index is 5.35. The lowest BCUT2D eigenvalue weighted by Crippen LogP contribution is -2.01. The van der Waals surface area contributed by atoms with E-state index in [1.165, 1.54) is 15.3 Å². The average molecular weight is 302 g/mol. The van der Waals surface area contributed by atoms with Crippen molar-refractivity contribution >= 4 is 23.6 Å². The third kappa shape index (κ3) is 2.44. The van der Waals surface area contributed by atoms with E-state index in [1.54, 1.807) is 23.7 Å². The Morgan fingerprint density at radius 2 is 2.05 bits per heavy atom. The molecule has 1 N–H and O–H groups in total. The molecule has 3 rings (SSSR count). The van der Waals surface area contributed by atoms with Crippen molar-refractivity contribution in [3.05, 3.63) is 50.7 Å². The monoisotopic (exact) mass is 302 g/mol. The third-order valence-corrected chi connectivity index (χ3v) is 4.68. The summed E-state index contributed by atoms with van der Waals surface area (Å²) in [4.78, 5) is 6.67. The van der Waals surface area contributed by atoms with Gasteiger partial charge in [-0.05, 0) is 49.8 Å². The van der Waals surface area contributed by atoms with Crippen LogP contribution in [0.25, 0.3) is 11.4 Å². The van der Waals surface area contributed by atoms with Gasteiger partial charge in [-0.2, -0.15) is 5.10 Å². The SMILES string of the molecule is Cc1cc(Cn2c(-c3ccncc3)n[nH]c2=S)sc1C. The van der Waals surface area contributed by atoms with E-state index in [1.807, 2.05) is 16.7 Å². The number of aromatic nitrogens is 4. The van der Waals surface area contributed by atoms with Crippen LogP contribution in [0, 0.1) is 18.6 Å². The molecule has 3 aromatic rings. The van der Waals surface area contributed by atoms with Crippen LogP contribution in [0.3, 0.4) is 0 Å². The van der Waals surface area contributed by atoms with Crippen LogP contribution in [0.15, 0.2) is 30.6 Å². The predicted molar refractivity (Wildman–Crippen MR) is 83.5 cm³/mol. The Kier molecular flexibility index (Phi) is 3.50. The first-order chi connectivity index (χ1) is 9.65. The summed E-state index contributed by atoms with van der Waals surface area (Å²) < 4.78 is 2.66. The van der Waals surface area contributed by atoms with Crippen molar-refractivity contribution in [2.75, 3.05) is 0 Å². The van der Waals surface area contributed by atoms with Crippen LogP contribution >= 0.6 is 23.6 Å². The van der Waals surface area contributed by atoms with Crippen LogP contribution in [0.4, 0.5) is 0 Å². The second kappa shape index (κ2) is 5.30. The smallest absolute Gasteiger partial charge is 0.195 e. The number of thiophene rings is 1. The molecule has 20 heavy (non-hydrogen) atoms. The van der Waals surface area contributed by atoms with Gasteiger partial charge < -0.3 is 0 Å². The van der Waals surface area contributed by atoms with Crippen molar-refractivity contribution < 1.29 is 0 Å². The van der Waals surface area contributed by atoms with Gasteiger partial charge in [0, 0.05) is 27.7 Å². The number of pyridine rings is 1. The summed E-state index contributed by atoms with van der Waals surface area (Å²) in [5.74, 6) is 0.848. The molecule has 4 nitrogen and oxygen atoms in total. The van der Waals surface area contributed by atoms with Gasteiger partial charge in [0.25, 0.3) is 0 Å². The number of hydrogen-bond acceptors (Lipinski definition) is 4. The van der Waals surface area contributed by atoms with Crippen LogP contribution in [0.5, 0.6) is 0 Å². The van der Waals surface area contributed by atoms with E-state index in [0.717, 1.165) is 17.9 Å². The third-order valence-electron chi connectivity index (χ3n) is 3.23. The Balaban J connectivity index is 2.02. The van der Waals surface area contributed by atoms with Gasteiger partial charge in [-0.15, -0.1) is 11.3 Å². The van der Waals surface area contributed by atoms with E-state index in [-0.39, 0.29) is 0 Å². The molecule has 0 spiro atoms. The highest BCUT2D eigenvalue weighted by Crippen LogP contribution is 2.24. The van der Waals surface area contributed by atoms with Crippen LogP contribution < -0.4 is 0 Å². The Morgan fingerprint density at radius 1 is 1.30 bits per heavy atom. The van der Waals surface area contributed by atoms with Crippen LogP contribution in [0.2, 0.25) is 0 Å². The minimum absolute atomic E-state index is 0.639. The first kappa shape index (κ1) is 13.2. The lowest BCUT2D eigenvalue weighted by atomic mass is 10.2.